The standard InChI is InChI=1S/C13H20N4O2/c1-9-8-15-13(7-12(9)17(18)19)16-5-3-11(4-6-16)10(2)14/h7-8,10-11H,3-6,14H2,1-2H3. The Hall–Kier alpha value is -1.69. The van der Waals surface area contributed by atoms with E-state index in [0.717, 1.165) is 25.9 Å². The van der Waals surface area contributed by atoms with Crippen molar-refractivity contribution < 1.29 is 4.92 Å². The molecule has 1 aromatic rings. The Balaban J connectivity index is 2.12. The first-order chi connectivity index (χ1) is 8.99. The second-order valence-corrected chi connectivity index (χ2v) is 5.27. The largest absolute Gasteiger partial charge is 0.356 e. The van der Waals surface area contributed by atoms with Crippen LogP contribution < -0.4 is 10.6 Å². The van der Waals surface area contributed by atoms with Crippen molar-refractivity contribution in [3.05, 3.63) is 27.9 Å². The highest BCUT2D eigenvalue weighted by Crippen LogP contribution is 2.27. The second kappa shape index (κ2) is 5.52. The Morgan fingerprint density at radius 1 is 1.53 bits per heavy atom. The molecule has 1 fully saturated rings. The van der Waals surface area contributed by atoms with Crippen LogP contribution in [0.3, 0.4) is 0 Å². The number of nitro groups is 1. The molecule has 19 heavy (non-hydrogen) atoms. The molecule has 1 atom stereocenters. The molecule has 6 heteroatoms. The van der Waals surface area contributed by atoms with E-state index in [0.29, 0.717) is 17.3 Å². The average Bonchev–Trinajstić information content (AvgIpc) is 2.39. The van der Waals surface area contributed by atoms with Crippen LogP contribution in [0.5, 0.6) is 0 Å². The molecule has 1 aliphatic rings. The van der Waals surface area contributed by atoms with Gasteiger partial charge in [0.15, 0.2) is 0 Å². The molecule has 0 aliphatic carbocycles. The molecule has 2 N–H and O–H groups in total. The Bertz CT molecular complexity index is 468. The van der Waals surface area contributed by atoms with Gasteiger partial charge in [0, 0.05) is 30.9 Å². The molecule has 1 aliphatic heterocycles. The van der Waals surface area contributed by atoms with Crippen molar-refractivity contribution in [1.82, 2.24) is 4.98 Å². The summed E-state index contributed by atoms with van der Waals surface area (Å²) in [4.78, 5) is 17.0. The molecule has 1 unspecified atom stereocenters. The number of hydrogen-bond donors (Lipinski definition) is 1. The summed E-state index contributed by atoms with van der Waals surface area (Å²) in [6.07, 6.45) is 3.60. The lowest BCUT2D eigenvalue weighted by molar-refractivity contribution is -0.385. The maximum absolute atomic E-state index is 10.9. The quantitative estimate of drug-likeness (QED) is 0.665. The van der Waals surface area contributed by atoms with E-state index in [4.69, 9.17) is 5.73 Å². The van der Waals surface area contributed by atoms with Crippen LogP contribution in [0.2, 0.25) is 0 Å². The zero-order valence-electron chi connectivity index (χ0n) is 11.4. The van der Waals surface area contributed by atoms with Crippen molar-refractivity contribution in [3.8, 4) is 0 Å². The van der Waals surface area contributed by atoms with Gasteiger partial charge in [0.25, 0.3) is 5.69 Å². The molecular formula is C13H20N4O2. The van der Waals surface area contributed by atoms with Gasteiger partial charge in [-0.2, -0.15) is 0 Å². The van der Waals surface area contributed by atoms with E-state index < -0.39 is 0 Å². The summed E-state index contributed by atoms with van der Waals surface area (Å²) in [5, 5.41) is 10.9. The summed E-state index contributed by atoms with van der Waals surface area (Å²) in [6, 6.07) is 1.78. The van der Waals surface area contributed by atoms with Crippen molar-refractivity contribution in [2.75, 3.05) is 18.0 Å². The Morgan fingerprint density at radius 2 is 2.16 bits per heavy atom. The number of nitrogens with two attached hydrogens (primary N) is 1. The third-order valence-electron chi connectivity index (χ3n) is 3.86. The fourth-order valence-electron chi connectivity index (χ4n) is 2.53. The first-order valence-electron chi connectivity index (χ1n) is 6.60. The minimum absolute atomic E-state index is 0.138. The molecule has 0 aromatic carbocycles. The number of nitrogens with zero attached hydrogens (tertiary/aromatic N) is 3. The Kier molecular flexibility index (Phi) is 3.99. The number of pyridine rings is 1. The first kappa shape index (κ1) is 13.7. The highest BCUT2D eigenvalue weighted by Gasteiger charge is 2.24. The highest BCUT2D eigenvalue weighted by molar-refractivity contribution is 5.50. The van der Waals surface area contributed by atoms with Gasteiger partial charge in [0.2, 0.25) is 0 Å². The van der Waals surface area contributed by atoms with Crippen LogP contribution in [-0.4, -0.2) is 29.0 Å². The van der Waals surface area contributed by atoms with Crippen LogP contribution in [0.15, 0.2) is 12.3 Å². The van der Waals surface area contributed by atoms with E-state index in [-0.39, 0.29) is 16.7 Å². The number of hydrogen-bond acceptors (Lipinski definition) is 5. The lowest BCUT2D eigenvalue weighted by Gasteiger charge is -2.34. The van der Waals surface area contributed by atoms with Crippen molar-refractivity contribution in [2.45, 2.75) is 32.7 Å². The van der Waals surface area contributed by atoms with Crippen molar-refractivity contribution >= 4 is 11.5 Å². The molecule has 104 valence electrons. The Labute approximate surface area is 112 Å². The predicted octanol–water partition coefficient (Wildman–Crippen LogP) is 1.86. The molecule has 6 nitrogen and oxygen atoms in total. The zero-order chi connectivity index (χ0) is 14.0. The molecule has 2 rings (SSSR count). The smallest absolute Gasteiger partial charge is 0.277 e. The second-order valence-electron chi connectivity index (χ2n) is 5.27. The number of anilines is 1. The van der Waals surface area contributed by atoms with E-state index >= 15 is 0 Å². The maximum atomic E-state index is 10.9. The minimum Gasteiger partial charge on any atom is -0.356 e. The summed E-state index contributed by atoms with van der Waals surface area (Å²) < 4.78 is 0. The summed E-state index contributed by atoms with van der Waals surface area (Å²) in [6.45, 7) is 5.46. The van der Waals surface area contributed by atoms with Gasteiger partial charge in [-0.3, -0.25) is 10.1 Å². The lowest BCUT2D eigenvalue weighted by Crippen LogP contribution is -2.40. The number of rotatable bonds is 3. The molecule has 0 radical (unpaired) electrons. The van der Waals surface area contributed by atoms with Crippen LogP contribution in [0, 0.1) is 23.0 Å². The summed E-state index contributed by atoms with van der Waals surface area (Å²) in [7, 11) is 0. The van der Waals surface area contributed by atoms with Gasteiger partial charge in [0.05, 0.1) is 11.0 Å². The number of aryl methyl sites for hydroxylation is 1. The van der Waals surface area contributed by atoms with Gasteiger partial charge < -0.3 is 10.6 Å². The molecule has 1 saturated heterocycles. The SMILES string of the molecule is Cc1cnc(N2CCC(C(C)N)CC2)cc1[N+](=O)[O-]. The van der Waals surface area contributed by atoms with E-state index in [2.05, 4.69) is 9.88 Å². The molecular weight excluding hydrogens is 244 g/mol. The summed E-state index contributed by atoms with van der Waals surface area (Å²) >= 11 is 0. The molecule has 0 saturated carbocycles. The van der Waals surface area contributed by atoms with Gasteiger partial charge in [-0.25, -0.2) is 4.98 Å². The Morgan fingerprint density at radius 3 is 2.68 bits per heavy atom. The van der Waals surface area contributed by atoms with Crippen LogP contribution in [0.4, 0.5) is 11.5 Å². The summed E-state index contributed by atoms with van der Waals surface area (Å²) in [5.41, 5.74) is 6.65. The van der Waals surface area contributed by atoms with Gasteiger partial charge in [0.1, 0.15) is 5.82 Å². The molecule has 1 aromatic heterocycles. The van der Waals surface area contributed by atoms with Gasteiger partial charge >= 0.3 is 0 Å². The van der Waals surface area contributed by atoms with Gasteiger partial charge in [-0.1, -0.05) is 0 Å². The third kappa shape index (κ3) is 3.01. The van der Waals surface area contributed by atoms with Crippen LogP contribution in [-0.2, 0) is 0 Å². The van der Waals surface area contributed by atoms with Crippen molar-refractivity contribution in [2.24, 2.45) is 11.7 Å². The molecule has 0 amide bonds. The molecule has 0 spiro atoms. The van der Waals surface area contributed by atoms with E-state index in [1.807, 2.05) is 6.92 Å². The fourth-order valence-corrected chi connectivity index (χ4v) is 2.53. The fraction of sp³-hybridized carbons (Fsp3) is 0.615. The minimum atomic E-state index is -0.352. The number of aromatic nitrogens is 1. The van der Waals surface area contributed by atoms with Gasteiger partial charge in [-0.05, 0) is 32.6 Å². The maximum Gasteiger partial charge on any atom is 0.277 e. The topological polar surface area (TPSA) is 85.3 Å². The van der Waals surface area contributed by atoms with Gasteiger partial charge in [-0.15, -0.1) is 0 Å². The van der Waals surface area contributed by atoms with Crippen molar-refractivity contribution in [1.29, 1.82) is 0 Å². The predicted molar refractivity (Wildman–Crippen MR) is 74.2 cm³/mol. The third-order valence-corrected chi connectivity index (χ3v) is 3.86. The summed E-state index contributed by atoms with van der Waals surface area (Å²) in [5.74, 6) is 1.23. The monoisotopic (exact) mass is 264 g/mol. The van der Waals surface area contributed by atoms with E-state index in [1.54, 1.807) is 19.2 Å². The average molecular weight is 264 g/mol. The number of piperidine rings is 1. The highest BCUT2D eigenvalue weighted by atomic mass is 16.6. The van der Waals surface area contributed by atoms with Crippen LogP contribution in [0.1, 0.15) is 25.3 Å². The normalized spacial score (nSPS) is 18.4. The van der Waals surface area contributed by atoms with E-state index in [9.17, 15) is 10.1 Å². The zero-order valence-corrected chi connectivity index (χ0v) is 11.4. The molecule has 2 heterocycles. The van der Waals surface area contributed by atoms with E-state index in [1.165, 1.54) is 0 Å². The first-order valence-corrected chi connectivity index (χ1v) is 6.60. The van der Waals surface area contributed by atoms with Crippen LogP contribution >= 0.6 is 0 Å². The lowest BCUT2D eigenvalue weighted by atomic mass is 9.91. The van der Waals surface area contributed by atoms with Crippen LogP contribution in [0.25, 0.3) is 0 Å². The molecule has 0 bridgehead atoms. The van der Waals surface area contributed by atoms with Crippen molar-refractivity contribution in [3.63, 3.8) is 0 Å².